The lowest BCUT2D eigenvalue weighted by Gasteiger charge is -2.14. The molecule has 0 heterocycles. The van der Waals surface area contributed by atoms with E-state index in [9.17, 15) is 9.59 Å². The van der Waals surface area contributed by atoms with Gasteiger partial charge in [-0.05, 0) is 52.2 Å². The zero-order valence-electron chi connectivity index (χ0n) is 17.9. The molecule has 32 heavy (non-hydrogen) atoms. The summed E-state index contributed by atoms with van der Waals surface area (Å²) in [7, 11) is 0. The van der Waals surface area contributed by atoms with Crippen LogP contribution in [0.25, 0.3) is 16.8 Å². The Labute approximate surface area is 192 Å². The van der Waals surface area contributed by atoms with Gasteiger partial charge in [0, 0.05) is 6.08 Å². The standard InChI is InChI=1S/C25H25N3O3S/c1-17(2)20-11-5-6-13-22(20)31-16-24(30)27-28-25(32)26-23(29)15-14-19-10-7-9-18-8-3-4-12-21(18)19/h3-15,17H,16H2,1-2H3,(H,27,30)(H2,26,28,29,32). The number of hydrogen-bond donors (Lipinski definition) is 3. The van der Waals surface area contributed by atoms with Gasteiger partial charge < -0.3 is 4.74 Å². The van der Waals surface area contributed by atoms with Gasteiger partial charge >= 0.3 is 0 Å². The molecule has 0 radical (unpaired) electrons. The summed E-state index contributed by atoms with van der Waals surface area (Å²) in [5, 5.41) is 4.61. The lowest BCUT2D eigenvalue weighted by atomic mass is 10.0. The molecule has 0 aromatic heterocycles. The van der Waals surface area contributed by atoms with E-state index in [1.165, 1.54) is 6.08 Å². The minimum absolute atomic E-state index is 0.0199. The van der Waals surface area contributed by atoms with E-state index in [0.717, 1.165) is 21.9 Å². The van der Waals surface area contributed by atoms with Gasteiger partial charge in [-0.2, -0.15) is 0 Å². The zero-order chi connectivity index (χ0) is 22.9. The van der Waals surface area contributed by atoms with Crippen LogP contribution in [0, 0.1) is 0 Å². The molecule has 0 aliphatic carbocycles. The fourth-order valence-electron chi connectivity index (χ4n) is 3.14. The summed E-state index contributed by atoms with van der Waals surface area (Å²) < 4.78 is 5.60. The molecular formula is C25H25N3O3S. The van der Waals surface area contributed by atoms with Crippen molar-refractivity contribution in [2.24, 2.45) is 0 Å². The van der Waals surface area contributed by atoms with Crippen LogP contribution in [-0.4, -0.2) is 23.5 Å². The Hall–Kier alpha value is -3.71. The summed E-state index contributed by atoms with van der Waals surface area (Å²) in [6.07, 6.45) is 3.11. The summed E-state index contributed by atoms with van der Waals surface area (Å²) in [4.78, 5) is 24.2. The number of hydrogen-bond acceptors (Lipinski definition) is 4. The Morgan fingerprint density at radius 2 is 1.69 bits per heavy atom. The molecule has 2 amide bonds. The quantitative estimate of drug-likeness (QED) is 0.302. The van der Waals surface area contributed by atoms with Gasteiger partial charge in [-0.15, -0.1) is 0 Å². The number of rotatable bonds is 6. The predicted octanol–water partition coefficient (Wildman–Crippen LogP) is 4.08. The Bertz CT molecular complexity index is 1150. The molecule has 0 aliphatic rings. The molecular weight excluding hydrogens is 422 g/mol. The highest BCUT2D eigenvalue weighted by atomic mass is 32.1. The van der Waals surface area contributed by atoms with Gasteiger partial charge in [0.15, 0.2) is 11.7 Å². The van der Waals surface area contributed by atoms with Gasteiger partial charge in [-0.25, -0.2) is 0 Å². The van der Waals surface area contributed by atoms with Gasteiger partial charge in [0.1, 0.15) is 5.75 Å². The fourth-order valence-corrected chi connectivity index (χ4v) is 3.29. The second-order valence-electron chi connectivity index (χ2n) is 7.37. The second-order valence-corrected chi connectivity index (χ2v) is 7.78. The number of carbonyl (C=O) groups is 2. The lowest BCUT2D eigenvalue weighted by Crippen LogP contribution is -2.49. The van der Waals surface area contributed by atoms with Crippen LogP contribution in [0.3, 0.4) is 0 Å². The molecule has 0 aliphatic heterocycles. The van der Waals surface area contributed by atoms with Crippen molar-refractivity contribution >= 4 is 46.0 Å². The van der Waals surface area contributed by atoms with Gasteiger partial charge in [0.05, 0.1) is 0 Å². The number of carbonyl (C=O) groups excluding carboxylic acids is 2. The van der Waals surface area contributed by atoms with E-state index in [1.807, 2.05) is 66.7 Å². The molecule has 3 rings (SSSR count). The minimum Gasteiger partial charge on any atom is -0.483 e. The summed E-state index contributed by atoms with van der Waals surface area (Å²) in [6, 6.07) is 21.4. The number of ether oxygens (including phenoxy) is 1. The number of nitrogens with one attached hydrogen (secondary N) is 3. The van der Waals surface area contributed by atoms with E-state index in [1.54, 1.807) is 6.08 Å². The molecule has 0 saturated carbocycles. The summed E-state index contributed by atoms with van der Waals surface area (Å²) >= 11 is 5.06. The van der Waals surface area contributed by atoms with Crippen LogP contribution >= 0.6 is 12.2 Å². The molecule has 3 aromatic carbocycles. The Morgan fingerprint density at radius 1 is 0.969 bits per heavy atom. The van der Waals surface area contributed by atoms with Crippen molar-refractivity contribution in [3.05, 3.63) is 83.9 Å². The maximum Gasteiger partial charge on any atom is 0.276 e. The zero-order valence-corrected chi connectivity index (χ0v) is 18.7. The second kappa shape index (κ2) is 11.1. The molecule has 0 fully saturated rings. The molecule has 6 nitrogen and oxygen atoms in total. The molecule has 0 saturated heterocycles. The Balaban J connectivity index is 1.46. The van der Waals surface area contributed by atoms with Crippen LogP contribution in [0.2, 0.25) is 0 Å². The van der Waals surface area contributed by atoms with Crippen molar-refractivity contribution < 1.29 is 14.3 Å². The average molecular weight is 448 g/mol. The topological polar surface area (TPSA) is 79.5 Å². The van der Waals surface area contributed by atoms with E-state index in [2.05, 4.69) is 30.0 Å². The third kappa shape index (κ3) is 6.39. The molecule has 0 spiro atoms. The molecule has 0 atom stereocenters. The van der Waals surface area contributed by atoms with Crippen LogP contribution in [0.1, 0.15) is 30.9 Å². The number of hydrazine groups is 1. The number of fused-ring (bicyclic) bond motifs is 1. The molecule has 7 heteroatoms. The van der Waals surface area contributed by atoms with Crippen molar-refractivity contribution in [3.63, 3.8) is 0 Å². The van der Waals surface area contributed by atoms with E-state index < -0.39 is 11.8 Å². The smallest absolute Gasteiger partial charge is 0.276 e. The number of benzene rings is 3. The number of para-hydroxylation sites is 1. The molecule has 3 aromatic rings. The molecule has 164 valence electrons. The average Bonchev–Trinajstić information content (AvgIpc) is 2.80. The fraction of sp³-hybridized carbons (Fsp3) is 0.160. The highest BCUT2D eigenvalue weighted by Gasteiger charge is 2.10. The Morgan fingerprint density at radius 3 is 2.50 bits per heavy atom. The van der Waals surface area contributed by atoms with E-state index in [0.29, 0.717) is 5.75 Å². The van der Waals surface area contributed by atoms with E-state index in [4.69, 9.17) is 17.0 Å². The van der Waals surface area contributed by atoms with Crippen molar-refractivity contribution in [3.8, 4) is 5.75 Å². The van der Waals surface area contributed by atoms with Crippen molar-refractivity contribution in [2.45, 2.75) is 19.8 Å². The van der Waals surface area contributed by atoms with Crippen LogP contribution in [-0.2, 0) is 9.59 Å². The number of amides is 2. The first kappa shape index (κ1) is 23.0. The Kier molecular flexibility index (Phi) is 7.94. The van der Waals surface area contributed by atoms with Crippen LogP contribution in [0.4, 0.5) is 0 Å². The van der Waals surface area contributed by atoms with E-state index >= 15 is 0 Å². The van der Waals surface area contributed by atoms with Gasteiger partial charge in [0.25, 0.3) is 5.91 Å². The lowest BCUT2D eigenvalue weighted by molar-refractivity contribution is -0.123. The summed E-state index contributed by atoms with van der Waals surface area (Å²) in [5.41, 5.74) is 6.85. The first-order chi connectivity index (χ1) is 15.4. The van der Waals surface area contributed by atoms with Gasteiger partial charge in [0.2, 0.25) is 5.91 Å². The van der Waals surface area contributed by atoms with Gasteiger partial charge in [-0.3, -0.25) is 25.8 Å². The maximum absolute atomic E-state index is 12.2. The maximum atomic E-state index is 12.2. The van der Waals surface area contributed by atoms with Crippen molar-refractivity contribution in [1.29, 1.82) is 0 Å². The molecule has 3 N–H and O–H groups in total. The van der Waals surface area contributed by atoms with Crippen molar-refractivity contribution in [1.82, 2.24) is 16.2 Å². The van der Waals surface area contributed by atoms with E-state index in [-0.39, 0.29) is 17.6 Å². The molecule has 0 unspecified atom stereocenters. The van der Waals surface area contributed by atoms with Crippen LogP contribution in [0.15, 0.2) is 72.8 Å². The highest BCUT2D eigenvalue weighted by Crippen LogP contribution is 2.25. The first-order valence-corrected chi connectivity index (χ1v) is 10.6. The molecule has 0 bridgehead atoms. The monoisotopic (exact) mass is 447 g/mol. The summed E-state index contributed by atoms with van der Waals surface area (Å²) in [5.74, 6) is 0.0995. The highest BCUT2D eigenvalue weighted by molar-refractivity contribution is 7.80. The minimum atomic E-state index is -0.425. The van der Waals surface area contributed by atoms with Crippen LogP contribution in [0.5, 0.6) is 5.75 Å². The normalized spacial score (nSPS) is 10.8. The largest absolute Gasteiger partial charge is 0.483 e. The summed E-state index contributed by atoms with van der Waals surface area (Å²) in [6.45, 7) is 3.92. The number of thiocarbonyl (C=S) groups is 1. The van der Waals surface area contributed by atoms with Crippen molar-refractivity contribution in [2.75, 3.05) is 6.61 Å². The SMILES string of the molecule is CC(C)c1ccccc1OCC(=O)NNC(=S)NC(=O)C=Cc1cccc2ccccc12. The van der Waals surface area contributed by atoms with Crippen LogP contribution < -0.4 is 20.9 Å². The first-order valence-electron chi connectivity index (χ1n) is 10.2. The predicted molar refractivity (Wildman–Crippen MR) is 131 cm³/mol. The third-order valence-electron chi connectivity index (χ3n) is 4.69. The van der Waals surface area contributed by atoms with Gasteiger partial charge in [-0.1, -0.05) is 74.5 Å². The third-order valence-corrected chi connectivity index (χ3v) is 4.89.